The van der Waals surface area contributed by atoms with Crippen LogP contribution in [-0.2, 0) is 16.1 Å². The normalized spacial score (nSPS) is 18.8. The van der Waals surface area contributed by atoms with E-state index in [0.717, 1.165) is 5.56 Å². The number of hydrogen-bond donors (Lipinski definition) is 1. The lowest BCUT2D eigenvalue weighted by Crippen LogP contribution is -2.49. The number of amides is 2. The van der Waals surface area contributed by atoms with Crippen molar-refractivity contribution in [2.45, 2.75) is 12.7 Å². The number of benzene rings is 2. The first kappa shape index (κ1) is 20.9. The molecular weight excluding hydrogens is 403 g/mol. The Labute approximate surface area is 179 Å². The fraction of sp³-hybridized carbons (Fsp3) is 0.364. The minimum atomic E-state index is -0.523. The van der Waals surface area contributed by atoms with Gasteiger partial charge in [-0.25, -0.2) is 14.0 Å². The second kappa shape index (κ2) is 9.22. The zero-order valence-electron chi connectivity index (χ0n) is 17.1. The quantitative estimate of drug-likeness (QED) is 0.788. The molecule has 2 amide bonds. The van der Waals surface area contributed by atoms with Gasteiger partial charge in [-0.2, -0.15) is 0 Å². The highest BCUT2D eigenvalue weighted by atomic mass is 19.1. The molecule has 2 aromatic rings. The molecular formula is C22H25FN4O4. The molecule has 0 spiro atoms. The van der Waals surface area contributed by atoms with E-state index in [1.165, 1.54) is 11.0 Å². The van der Waals surface area contributed by atoms with Gasteiger partial charge in [0.05, 0.1) is 17.9 Å². The second-order valence-corrected chi connectivity index (χ2v) is 7.50. The van der Waals surface area contributed by atoms with Crippen molar-refractivity contribution in [2.75, 3.05) is 49.1 Å². The number of piperazine rings is 1. The molecule has 0 bridgehead atoms. The number of rotatable bonds is 5. The summed E-state index contributed by atoms with van der Waals surface area (Å²) >= 11 is 0. The summed E-state index contributed by atoms with van der Waals surface area (Å²) in [6.07, 6.45) is -1.28. The first-order valence-corrected chi connectivity index (χ1v) is 10.2. The van der Waals surface area contributed by atoms with Crippen LogP contribution in [0.15, 0.2) is 48.5 Å². The molecule has 2 aliphatic heterocycles. The molecule has 31 heavy (non-hydrogen) atoms. The summed E-state index contributed by atoms with van der Waals surface area (Å²) in [4.78, 5) is 29.1. The zero-order valence-corrected chi connectivity index (χ0v) is 17.1. The van der Waals surface area contributed by atoms with E-state index in [1.54, 1.807) is 17.0 Å². The highest BCUT2D eigenvalue weighted by Gasteiger charge is 2.32. The van der Waals surface area contributed by atoms with Gasteiger partial charge in [-0.05, 0) is 23.8 Å². The number of anilines is 2. The third kappa shape index (κ3) is 4.72. The number of hydrogen-bond acceptors (Lipinski definition) is 6. The van der Waals surface area contributed by atoms with E-state index >= 15 is 0 Å². The van der Waals surface area contributed by atoms with Gasteiger partial charge in [0, 0.05) is 32.7 Å². The molecule has 164 valence electrons. The van der Waals surface area contributed by atoms with Gasteiger partial charge in [-0.1, -0.05) is 30.3 Å². The molecule has 1 atom stereocenters. The number of nitrogens with two attached hydrogens (primary N) is 1. The Bertz CT molecular complexity index is 934. The monoisotopic (exact) mass is 428 g/mol. The predicted octanol–water partition coefficient (Wildman–Crippen LogP) is 2.57. The number of carbonyl (C=O) groups is 2. The average molecular weight is 428 g/mol. The van der Waals surface area contributed by atoms with E-state index < -0.39 is 11.9 Å². The molecule has 2 heterocycles. The Balaban J connectivity index is 1.32. The number of cyclic esters (lactones) is 1. The van der Waals surface area contributed by atoms with Crippen LogP contribution in [0.4, 0.5) is 25.4 Å². The molecule has 8 nitrogen and oxygen atoms in total. The van der Waals surface area contributed by atoms with Crippen LogP contribution in [0.3, 0.4) is 0 Å². The maximum Gasteiger partial charge on any atom is 0.414 e. The lowest BCUT2D eigenvalue weighted by Gasteiger charge is -2.35. The van der Waals surface area contributed by atoms with Crippen molar-refractivity contribution in [3.8, 4) is 0 Å². The van der Waals surface area contributed by atoms with Gasteiger partial charge in [-0.15, -0.1) is 0 Å². The van der Waals surface area contributed by atoms with E-state index in [4.69, 9.17) is 15.2 Å². The van der Waals surface area contributed by atoms with Crippen LogP contribution in [0.1, 0.15) is 5.56 Å². The number of carbonyl (C=O) groups excluding carboxylic acids is 2. The van der Waals surface area contributed by atoms with Crippen molar-refractivity contribution in [3.05, 3.63) is 59.9 Å². The fourth-order valence-corrected chi connectivity index (χ4v) is 3.72. The van der Waals surface area contributed by atoms with Crippen LogP contribution in [0.2, 0.25) is 0 Å². The van der Waals surface area contributed by atoms with Crippen LogP contribution < -0.4 is 15.5 Å². The average Bonchev–Trinajstić information content (AvgIpc) is 3.19. The third-order valence-corrected chi connectivity index (χ3v) is 5.46. The van der Waals surface area contributed by atoms with E-state index in [-0.39, 0.29) is 25.3 Å². The van der Waals surface area contributed by atoms with Gasteiger partial charge in [-0.3, -0.25) is 4.90 Å². The number of ether oxygens (including phenoxy) is 2. The number of nitrogens with zero attached hydrogens (tertiary/aromatic N) is 3. The van der Waals surface area contributed by atoms with Crippen LogP contribution in [0.25, 0.3) is 0 Å². The summed E-state index contributed by atoms with van der Waals surface area (Å²) in [5.41, 5.74) is 7.34. The Hall–Kier alpha value is -3.33. The maximum atomic E-state index is 14.8. The summed E-state index contributed by atoms with van der Waals surface area (Å²) in [6.45, 7) is 2.59. The van der Waals surface area contributed by atoms with E-state index in [9.17, 15) is 14.0 Å². The minimum absolute atomic E-state index is 0.222. The highest BCUT2D eigenvalue weighted by molar-refractivity contribution is 5.90. The van der Waals surface area contributed by atoms with Gasteiger partial charge in [0.2, 0.25) is 0 Å². The first-order chi connectivity index (χ1) is 15.0. The SMILES string of the molecule is NC[C@H]1CN(c2ccc(N3CCN(C(=O)OCc4ccccc4)CC3)c(F)c2)C(=O)O1. The molecule has 0 saturated carbocycles. The number of halogens is 1. The molecule has 2 fully saturated rings. The maximum absolute atomic E-state index is 14.8. The summed E-state index contributed by atoms with van der Waals surface area (Å²) < 4.78 is 25.3. The van der Waals surface area contributed by atoms with Crippen LogP contribution >= 0.6 is 0 Å². The largest absolute Gasteiger partial charge is 0.445 e. The van der Waals surface area contributed by atoms with Crippen molar-refractivity contribution >= 4 is 23.6 Å². The molecule has 0 aliphatic carbocycles. The van der Waals surface area contributed by atoms with E-state index in [0.29, 0.717) is 44.1 Å². The van der Waals surface area contributed by atoms with Crippen molar-refractivity contribution in [3.63, 3.8) is 0 Å². The summed E-state index contributed by atoms with van der Waals surface area (Å²) in [7, 11) is 0. The second-order valence-electron chi connectivity index (χ2n) is 7.50. The first-order valence-electron chi connectivity index (χ1n) is 10.2. The van der Waals surface area contributed by atoms with Crippen molar-refractivity contribution in [2.24, 2.45) is 5.73 Å². The molecule has 2 N–H and O–H groups in total. The van der Waals surface area contributed by atoms with Crippen molar-refractivity contribution in [1.29, 1.82) is 0 Å². The summed E-state index contributed by atoms with van der Waals surface area (Å²) in [5.74, 6) is -0.429. The molecule has 2 saturated heterocycles. The van der Waals surface area contributed by atoms with Gasteiger partial charge < -0.3 is 25.0 Å². The molecule has 4 rings (SSSR count). The lowest BCUT2D eigenvalue weighted by molar-refractivity contribution is 0.0941. The summed E-state index contributed by atoms with van der Waals surface area (Å²) in [5, 5.41) is 0. The van der Waals surface area contributed by atoms with E-state index in [2.05, 4.69) is 0 Å². The third-order valence-electron chi connectivity index (χ3n) is 5.46. The Morgan fingerprint density at radius 2 is 1.87 bits per heavy atom. The zero-order chi connectivity index (χ0) is 21.8. The van der Waals surface area contributed by atoms with Crippen LogP contribution in [0.5, 0.6) is 0 Å². The Morgan fingerprint density at radius 3 is 2.52 bits per heavy atom. The van der Waals surface area contributed by atoms with E-state index in [1.807, 2.05) is 35.2 Å². The molecule has 2 aromatic carbocycles. The van der Waals surface area contributed by atoms with Crippen molar-refractivity contribution < 1.29 is 23.5 Å². The van der Waals surface area contributed by atoms with Crippen LogP contribution in [0, 0.1) is 5.82 Å². The molecule has 9 heteroatoms. The molecule has 0 unspecified atom stereocenters. The van der Waals surface area contributed by atoms with Gasteiger partial charge in [0.1, 0.15) is 18.5 Å². The Kier molecular flexibility index (Phi) is 6.22. The smallest absolute Gasteiger partial charge is 0.414 e. The van der Waals surface area contributed by atoms with Gasteiger partial charge in [0.25, 0.3) is 0 Å². The summed E-state index contributed by atoms with van der Waals surface area (Å²) in [6, 6.07) is 14.2. The topological polar surface area (TPSA) is 88.3 Å². The Morgan fingerprint density at radius 1 is 1.13 bits per heavy atom. The van der Waals surface area contributed by atoms with Crippen LogP contribution in [-0.4, -0.2) is 62.5 Å². The van der Waals surface area contributed by atoms with Crippen molar-refractivity contribution in [1.82, 2.24) is 4.90 Å². The fourth-order valence-electron chi connectivity index (χ4n) is 3.72. The van der Waals surface area contributed by atoms with Gasteiger partial charge >= 0.3 is 12.2 Å². The standard InChI is InChI=1S/C22H25FN4O4/c23-19-12-17(27-14-18(13-24)31-22(27)29)6-7-20(19)25-8-10-26(11-9-25)21(28)30-15-16-4-2-1-3-5-16/h1-7,12,18H,8-11,13-15,24H2/t18-/m0/s1. The van der Waals surface area contributed by atoms with Gasteiger partial charge in [0.15, 0.2) is 0 Å². The molecule has 0 aromatic heterocycles. The highest BCUT2D eigenvalue weighted by Crippen LogP contribution is 2.28. The molecule has 0 radical (unpaired) electrons. The lowest BCUT2D eigenvalue weighted by atomic mass is 10.2. The molecule has 2 aliphatic rings. The predicted molar refractivity (Wildman–Crippen MR) is 113 cm³/mol. The minimum Gasteiger partial charge on any atom is -0.445 e.